The van der Waals surface area contributed by atoms with E-state index in [9.17, 15) is 9.90 Å². The van der Waals surface area contributed by atoms with E-state index in [0.717, 1.165) is 46.7 Å². The van der Waals surface area contributed by atoms with Gasteiger partial charge in [0.05, 0.1) is 6.61 Å². The average Bonchev–Trinajstić information content (AvgIpc) is 2.82. The van der Waals surface area contributed by atoms with Gasteiger partial charge in [0.25, 0.3) is 0 Å². The van der Waals surface area contributed by atoms with E-state index in [-0.39, 0.29) is 17.1 Å². The number of carbonyl (C=O) groups excluding carboxylic acids is 1. The van der Waals surface area contributed by atoms with Crippen LogP contribution in [0.2, 0.25) is 0 Å². The molecule has 2 aromatic rings. The van der Waals surface area contributed by atoms with Gasteiger partial charge in [-0.05, 0) is 66.6 Å². The van der Waals surface area contributed by atoms with Crippen molar-refractivity contribution in [2.45, 2.75) is 104 Å². The third-order valence-corrected chi connectivity index (χ3v) is 6.48. The van der Waals surface area contributed by atoms with Crippen molar-refractivity contribution in [3.8, 4) is 11.5 Å². The van der Waals surface area contributed by atoms with Gasteiger partial charge in [-0.25, -0.2) is 0 Å². The van der Waals surface area contributed by atoms with Crippen LogP contribution in [0.15, 0.2) is 43.0 Å². The molecule has 0 aliphatic heterocycles. The Morgan fingerprint density at radius 3 is 2.17 bits per heavy atom. The maximum Gasteiger partial charge on any atom is 0.224 e. The number of amides is 1. The fourth-order valence-electron chi connectivity index (χ4n) is 4.28. The van der Waals surface area contributed by atoms with E-state index in [0.29, 0.717) is 12.8 Å². The minimum absolute atomic E-state index is 0.0372. The predicted molar refractivity (Wildman–Crippen MR) is 153 cm³/mol. The summed E-state index contributed by atoms with van der Waals surface area (Å²) >= 11 is 0. The molecule has 0 radical (unpaired) electrons. The fraction of sp³-hybridized carbons (Fsp3) is 0.531. The topological polar surface area (TPSA) is 58.6 Å². The van der Waals surface area contributed by atoms with E-state index in [1.165, 1.54) is 44.9 Å². The summed E-state index contributed by atoms with van der Waals surface area (Å²) in [5, 5.41) is 13.7. The van der Waals surface area contributed by atoms with E-state index in [4.69, 9.17) is 4.74 Å². The molecule has 198 valence electrons. The second kappa shape index (κ2) is 14.7. The molecule has 0 spiro atoms. The first-order chi connectivity index (χ1) is 17.1. The summed E-state index contributed by atoms with van der Waals surface area (Å²) in [5.74, 6) is 1.08. The number of ether oxygens (including phenoxy) is 1. The first-order valence-corrected chi connectivity index (χ1v) is 13.7. The van der Waals surface area contributed by atoms with Crippen molar-refractivity contribution in [3.05, 3.63) is 59.7 Å². The van der Waals surface area contributed by atoms with E-state index in [1.54, 1.807) is 0 Å². The van der Waals surface area contributed by atoms with Crippen molar-refractivity contribution in [1.29, 1.82) is 0 Å². The first-order valence-electron chi connectivity index (χ1n) is 13.7. The number of allylic oxidation sites excluding steroid dienone is 1. The smallest absolute Gasteiger partial charge is 0.224 e. The van der Waals surface area contributed by atoms with Crippen molar-refractivity contribution in [3.63, 3.8) is 0 Å². The van der Waals surface area contributed by atoms with E-state index >= 15 is 0 Å². The zero-order chi connectivity index (χ0) is 26.6. The van der Waals surface area contributed by atoms with Gasteiger partial charge in [0.1, 0.15) is 11.5 Å². The normalized spacial score (nSPS) is 11.4. The Labute approximate surface area is 219 Å². The number of benzene rings is 2. The minimum atomic E-state index is -0.204. The highest BCUT2D eigenvalue weighted by atomic mass is 16.5. The Bertz CT molecular complexity index is 970. The summed E-state index contributed by atoms with van der Waals surface area (Å²) in [4.78, 5) is 12.6. The molecule has 2 rings (SSSR count). The molecule has 0 saturated carbocycles. The van der Waals surface area contributed by atoms with Crippen molar-refractivity contribution in [2.75, 3.05) is 11.9 Å². The molecule has 2 aromatic carbocycles. The number of rotatable bonds is 15. The molecule has 1 amide bonds. The summed E-state index contributed by atoms with van der Waals surface area (Å²) in [7, 11) is 0. The summed E-state index contributed by atoms with van der Waals surface area (Å²) in [6.07, 6.45) is 11.2. The number of unbranched alkanes of at least 4 members (excludes halogenated alkanes) is 7. The van der Waals surface area contributed by atoms with Crippen molar-refractivity contribution >= 4 is 17.2 Å². The number of phenolic OH excluding ortho intramolecular Hbond substituents is 1. The van der Waals surface area contributed by atoms with Gasteiger partial charge >= 0.3 is 0 Å². The second-order valence-electron chi connectivity index (χ2n) is 11.0. The van der Waals surface area contributed by atoms with Gasteiger partial charge in [0, 0.05) is 23.2 Å². The minimum Gasteiger partial charge on any atom is -0.507 e. The van der Waals surface area contributed by atoms with Crippen LogP contribution in [0.25, 0.3) is 5.57 Å². The fourth-order valence-corrected chi connectivity index (χ4v) is 4.28. The number of aryl methyl sites for hydroxylation is 1. The number of anilines is 1. The standard InChI is InChI=1S/C32H47NO3/c1-7-8-9-10-11-12-13-14-21-36-27-18-16-26(17-19-27)33-30(34)20-15-25-22-28(24(2)3)31(35)29(23-25)32(4,5)6/h16-19,22-23,35H,2,7-15,20-21H2,1,3-6H3,(H,33,34). The lowest BCUT2D eigenvalue weighted by molar-refractivity contribution is -0.116. The number of hydrogen-bond acceptors (Lipinski definition) is 3. The van der Waals surface area contributed by atoms with Crippen LogP contribution in [0.5, 0.6) is 11.5 Å². The van der Waals surface area contributed by atoms with Crippen LogP contribution in [-0.2, 0) is 16.6 Å². The molecule has 0 atom stereocenters. The molecule has 4 heteroatoms. The molecule has 0 heterocycles. The highest BCUT2D eigenvalue weighted by molar-refractivity contribution is 5.90. The van der Waals surface area contributed by atoms with Crippen molar-refractivity contribution < 1.29 is 14.6 Å². The SMILES string of the molecule is C=C(C)c1cc(CCC(=O)Nc2ccc(OCCCCCCCCCC)cc2)cc(C(C)(C)C)c1O. The Kier molecular flexibility index (Phi) is 12.1. The largest absolute Gasteiger partial charge is 0.507 e. The molecule has 0 aliphatic carbocycles. The van der Waals surface area contributed by atoms with Crippen LogP contribution >= 0.6 is 0 Å². The molecule has 2 N–H and O–H groups in total. The predicted octanol–water partition coefficient (Wildman–Crippen LogP) is 8.81. The lowest BCUT2D eigenvalue weighted by Gasteiger charge is -2.23. The number of aromatic hydroxyl groups is 1. The monoisotopic (exact) mass is 493 g/mol. The van der Waals surface area contributed by atoms with Crippen molar-refractivity contribution in [2.24, 2.45) is 0 Å². The zero-order valence-electron chi connectivity index (χ0n) is 23.2. The quantitative estimate of drug-likeness (QED) is 0.244. The molecular weight excluding hydrogens is 446 g/mol. The third kappa shape index (κ3) is 10.1. The summed E-state index contributed by atoms with van der Waals surface area (Å²) in [5.41, 5.74) is 4.03. The Morgan fingerprint density at radius 1 is 0.972 bits per heavy atom. The van der Waals surface area contributed by atoms with Gasteiger partial charge in [0.2, 0.25) is 5.91 Å². The lowest BCUT2D eigenvalue weighted by atomic mass is 9.82. The summed E-state index contributed by atoms with van der Waals surface area (Å²) in [6.45, 7) is 15.1. The lowest BCUT2D eigenvalue weighted by Crippen LogP contribution is -2.14. The van der Waals surface area contributed by atoms with Gasteiger partial charge in [-0.3, -0.25) is 4.79 Å². The van der Waals surface area contributed by atoms with Gasteiger partial charge < -0.3 is 15.2 Å². The number of hydrogen-bond donors (Lipinski definition) is 2. The van der Waals surface area contributed by atoms with Crippen molar-refractivity contribution in [1.82, 2.24) is 0 Å². The van der Waals surface area contributed by atoms with Gasteiger partial charge in [-0.1, -0.05) is 85.3 Å². The van der Waals surface area contributed by atoms with Gasteiger partial charge in [-0.15, -0.1) is 0 Å². The molecule has 0 aliphatic rings. The maximum atomic E-state index is 12.6. The third-order valence-electron chi connectivity index (χ3n) is 6.48. The molecule has 36 heavy (non-hydrogen) atoms. The van der Waals surface area contributed by atoms with Crippen LogP contribution in [0, 0.1) is 0 Å². The van der Waals surface area contributed by atoms with E-state index in [2.05, 4.69) is 39.6 Å². The molecule has 0 fully saturated rings. The van der Waals surface area contributed by atoms with Crippen LogP contribution in [0.4, 0.5) is 5.69 Å². The second-order valence-corrected chi connectivity index (χ2v) is 11.0. The summed E-state index contributed by atoms with van der Waals surface area (Å²) < 4.78 is 5.85. The average molecular weight is 494 g/mol. The Balaban J connectivity index is 1.79. The maximum absolute atomic E-state index is 12.6. The van der Waals surface area contributed by atoms with Gasteiger partial charge in [0.15, 0.2) is 0 Å². The Morgan fingerprint density at radius 2 is 1.58 bits per heavy atom. The van der Waals surface area contributed by atoms with Crippen LogP contribution < -0.4 is 10.1 Å². The number of carbonyl (C=O) groups is 1. The van der Waals surface area contributed by atoms with Gasteiger partial charge in [-0.2, -0.15) is 0 Å². The number of nitrogens with one attached hydrogen (secondary N) is 1. The molecule has 0 saturated heterocycles. The highest BCUT2D eigenvalue weighted by Gasteiger charge is 2.21. The first kappa shape index (κ1) is 29.5. The molecular formula is C32H47NO3. The number of phenols is 1. The molecule has 0 unspecified atom stereocenters. The highest BCUT2D eigenvalue weighted by Crippen LogP contribution is 2.37. The summed E-state index contributed by atoms with van der Waals surface area (Å²) in [6, 6.07) is 11.5. The zero-order valence-corrected chi connectivity index (χ0v) is 23.2. The Hall–Kier alpha value is -2.75. The van der Waals surface area contributed by atoms with E-state index < -0.39 is 0 Å². The van der Waals surface area contributed by atoms with Crippen LogP contribution in [-0.4, -0.2) is 17.6 Å². The molecule has 0 bridgehead atoms. The van der Waals surface area contributed by atoms with Crippen LogP contribution in [0.1, 0.15) is 109 Å². The van der Waals surface area contributed by atoms with Crippen LogP contribution in [0.3, 0.4) is 0 Å². The molecule has 4 nitrogen and oxygen atoms in total. The van der Waals surface area contributed by atoms with E-state index in [1.807, 2.05) is 43.3 Å². The molecule has 0 aromatic heterocycles.